The number of rotatable bonds is 4. The molecule has 3 N–H and O–H groups in total. The Kier molecular flexibility index (Phi) is 3.01. The summed E-state index contributed by atoms with van der Waals surface area (Å²) in [5.74, 6) is -0.840. The minimum atomic E-state index is -1.10. The number of aliphatic carboxylic acids is 1. The molecule has 0 aliphatic heterocycles. The zero-order chi connectivity index (χ0) is 10.6. The van der Waals surface area contributed by atoms with Gasteiger partial charge in [-0.1, -0.05) is 0 Å². The smallest absolute Gasteiger partial charge is 0.323 e. The summed E-state index contributed by atoms with van der Waals surface area (Å²) in [7, 11) is 0. The molecule has 0 aromatic carbocycles. The molecular weight excluding hydrogens is 186 g/mol. The fourth-order valence-corrected chi connectivity index (χ4v) is 0.885. The zero-order valence-electron chi connectivity index (χ0n) is 7.25. The second-order valence-electron chi connectivity index (χ2n) is 2.58. The standard InChI is InChI=1S/C8H9N3O3/c9-6-1-2-7(10-3-6)11(5-12)4-8(13)14/h1-3,5H,4,9H2,(H,13,14). The summed E-state index contributed by atoms with van der Waals surface area (Å²) in [6, 6.07) is 3.02. The van der Waals surface area contributed by atoms with Crippen molar-refractivity contribution in [3.63, 3.8) is 0 Å². The van der Waals surface area contributed by atoms with E-state index in [-0.39, 0.29) is 5.82 Å². The van der Waals surface area contributed by atoms with Gasteiger partial charge in [-0.05, 0) is 12.1 Å². The van der Waals surface area contributed by atoms with E-state index in [1.807, 2.05) is 0 Å². The average Bonchev–Trinajstić information content (AvgIpc) is 2.15. The van der Waals surface area contributed by atoms with Gasteiger partial charge < -0.3 is 10.8 Å². The van der Waals surface area contributed by atoms with Gasteiger partial charge in [0, 0.05) is 0 Å². The van der Waals surface area contributed by atoms with Gasteiger partial charge in [-0.2, -0.15) is 0 Å². The van der Waals surface area contributed by atoms with E-state index < -0.39 is 12.5 Å². The molecular formula is C8H9N3O3. The van der Waals surface area contributed by atoms with Crippen LogP contribution in [0.5, 0.6) is 0 Å². The molecule has 1 rings (SSSR count). The summed E-state index contributed by atoms with van der Waals surface area (Å²) in [4.78, 5) is 25.7. The van der Waals surface area contributed by atoms with Crippen molar-refractivity contribution >= 4 is 23.9 Å². The first kappa shape index (κ1) is 9.97. The van der Waals surface area contributed by atoms with E-state index in [0.717, 1.165) is 4.90 Å². The Morgan fingerprint density at radius 3 is 2.79 bits per heavy atom. The fourth-order valence-electron chi connectivity index (χ4n) is 0.885. The second kappa shape index (κ2) is 4.22. The molecule has 1 heterocycles. The molecule has 0 spiro atoms. The Bertz CT molecular complexity index is 336. The Morgan fingerprint density at radius 1 is 1.64 bits per heavy atom. The molecule has 74 valence electrons. The number of carboxylic acid groups (broad SMARTS) is 1. The fraction of sp³-hybridized carbons (Fsp3) is 0.125. The topological polar surface area (TPSA) is 96.5 Å². The number of aromatic nitrogens is 1. The van der Waals surface area contributed by atoms with Crippen LogP contribution in [0.15, 0.2) is 18.3 Å². The lowest BCUT2D eigenvalue weighted by atomic mass is 10.4. The third-order valence-electron chi connectivity index (χ3n) is 1.50. The number of hydrogen-bond acceptors (Lipinski definition) is 4. The van der Waals surface area contributed by atoms with Gasteiger partial charge in [0.25, 0.3) is 0 Å². The third-order valence-corrected chi connectivity index (χ3v) is 1.50. The summed E-state index contributed by atoms with van der Waals surface area (Å²) in [6.45, 7) is -0.416. The van der Waals surface area contributed by atoms with E-state index in [1.54, 1.807) is 6.07 Å². The van der Waals surface area contributed by atoms with E-state index in [1.165, 1.54) is 12.3 Å². The molecule has 6 heteroatoms. The number of carbonyl (C=O) groups excluding carboxylic acids is 1. The maximum Gasteiger partial charge on any atom is 0.323 e. The minimum Gasteiger partial charge on any atom is -0.480 e. The van der Waals surface area contributed by atoms with Gasteiger partial charge in [0.15, 0.2) is 0 Å². The van der Waals surface area contributed by atoms with Gasteiger partial charge in [-0.25, -0.2) is 4.98 Å². The van der Waals surface area contributed by atoms with Crippen molar-refractivity contribution in [3.05, 3.63) is 18.3 Å². The molecule has 0 bridgehead atoms. The molecule has 0 unspecified atom stereocenters. The lowest BCUT2D eigenvalue weighted by Crippen LogP contribution is -2.28. The van der Waals surface area contributed by atoms with Crippen LogP contribution in [0.1, 0.15) is 0 Å². The normalized spacial score (nSPS) is 9.43. The zero-order valence-corrected chi connectivity index (χ0v) is 7.25. The molecule has 1 amide bonds. The van der Waals surface area contributed by atoms with Crippen LogP contribution in [-0.2, 0) is 9.59 Å². The van der Waals surface area contributed by atoms with Gasteiger partial charge in [-0.3, -0.25) is 14.5 Å². The highest BCUT2D eigenvalue weighted by Crippen LogP contribution is 2.09. The predicted octanol–water partition coefficient (Wildman–Crippen LogP) is -0.289. The van der Waals surface area contributed by atoms with E-state index in [0.29, 0.717) is 12.1 Å². The lowest BCUT2D eigenvalue weighted by Gasteiger charge is -2.12. The molecule has 0 atom stereocenters. The van der Waals surface area contributed by atoms with E-state index in [4.69, 9.17) is 10.8 Å². The maximum atomic E-state index is 10.5. The number of nitrogens with two attached hydrogens (primary N) is 1. The molecule has 14 heavy (non-hydrogen) atoms. The van der Waals surface area contributed by atoms with Crippen molar-refractivity contribution in [2.75, 3.05) is 17.2 Å². The van der Waals surface area contributed by atoms with Crippen molar-refractivity contribution in [1.29, 1.82) is 0 Å². The molecule has 0 saturated heterocycles. The van der Waals surface area contributed by atoms with Crippen LogP contribution in [0, 0.1) is 0 Å². The van der Waals surface area contributed by atoms with Crippen LogP contribution in [0.3, 0.4) is 0 Å². The summed E-state index contributed by atoms with van der Waals surface area (Å²) in [5.41, 5.74) is 5.84. The van der Waals surface area contributed by atoms with E-state index in [9.17, 15) is 9.59 Å². The van der Waals surface area contributed by atoms with Gasteiger partial charge in [0.2, 0.25) is 6.41 Å². The quantitative estimate of drug-likeness (QED) is 0.643. The summed E-state index contributed by atoms with van der Waals surface area (Å²) < 4.78 is 0. The number of nitrogens with zero attached hydrogens (tertiary/aromatic N) is 2. The average molecular weight is 195 g/mol. The van der Waals surface area contributed by atoms with Crippen LogP contribution < -0.4 is 10.6 Å². The van der Waals surface area contributed by atoms with Crippen molar-refractivity contribution < 1.29 is 14.7 Å². The first-order valence-electron chi connectivity index (χ1n) is 3.78. The lowest BCUT2D eigenvalue weighted by molar-refractivity contribution is -0.136. The van der Waals surface area contributed by atoms with Crippen molar-refractivity contribution in [2.45, 2.75) is 0 Å². The van der Waals surface area contributed by atoms with Gasteiger partial charge in [-0.15, -0.1) is 0 Å². The minimum absolute atomic E-state index is 0.261. The number of nitrogen functional groups attached to an aromatic ring is 1. The van der Waals surface area contributed by atoms with Crippen molar-refractivity contribution in [2.24, 2.45) is 0 Å². The number of amides is 1. The number of hydrogen-bond donors (Lipinski definition) is 2. The van der Waals surface area contributed by atoms with Crippen LogP contribution in [0.25, 0.3) is 0 Å². The highest BCUT2D eigenvalue weighted by Gasteiger charge is 2.09. The van der Waals surface area contributed by atoms with Gasteiger partial charge in [0.05, 0.1) is 11.9 Å². The predicted molar refractivity (Wildman–Crippen MR) is 49.7 cm³/mol. The second-order valence-corrected chi connectivity index (χ2v) is 2.58. The highest BCUT2D eigenvalue weighted by atomic mass is 16.4. The molecule has 0 saturated carbocycles. The molecule has 1 aromatic heterocycles. The number of carboxylic acids is 1. The van der Waals surface area contributed by atoms with E-state index in [2.05, 4.69) is 4.98 Å². The Labute approximate surface area is 80.0 Å². The van der Waals surface area contributed by atoms with Gasteiger partial charge >= 0.3 is 5.97 Å². The first-order chi connectivity index (χ1) is 6.63. The number of pyridine rings is 1. The van der Waals surface area contributed by atoms with Crippen LogP contribution >= 0.6 is 0 Å². The SMILES string of the molecule is Nc1ccc(N(C=O)CC(=O)O)nc1. The highest BCUT2D eigenvalue weighted by molar-refractivity contribution is 5.83. The molecule has 0 radical (unpaired) electrons. The molecule has 0 fully saturated rings. The third kappa shape index (κ3) is 2.44. The Hall–Kier alpha value is -2.11. The first-order valence-corrected chi connectivity index (χ1v) is 3.78. The molecule has 1 aromatic rings. The summed E-state index contributed by atoms with van der Waals surface area (Å²) in [5, 5.41) is 8.48. The number of carbonyl (C=O) groups is 2. The Morgan fingerprint density at radius 2 is 2.36 bits per heavy atom. The van der Waals surface area contributed by atoms with Crippen LogP contribution in [0.2, 0.25) is 0 Å². The van der Waals surface area contributed by atoms with Gasteiger partial charge in [0.1, 0.15) is 12.4 Å². The maximum absolute atomic E-state index is 10.5. The van der Waals surface area contributed by atoms with Crippen LogP contribution in [0.4, 0.5) is 11.5 Å². The number of anilines is 2. The molecule has 0 aliphatic rings. The largest absolute Gasteiger partial charge is 0.480 e. The van der Waals surface area contributed by atoms with Crippen molar-refractivity contribution in [3.8, 4) is 0 Å². The monoisotopic (exact) mass is 195 g/mol. The van der Waals surface area contributed by atoms with E-state index >= 15 is 0 Å². The summed E-state index contributed by atoms with van der Waals surface area (Å²) in [6.07, 6.45) is 1.76. The summed E-state index contributed by atoms with van der Waals surface area (Å²) >= 11 is 0. The Balaban J connectivity index is 2.84. The molecule has 0 aliphatic carbocycles. The molecule has 6 nitrogen and oxygen atoms in total. The van der Waals surface area contributed by atoms with Crippen molar-refractivity contribution in [1.82, 2.24) is 4.98 Å². The van der Waals surface area contributed by atoms with Crippen LogP contribution in [-0.4, -0.2) is 29.0 Å².